The SMILES string of the molecule is CCOc1ccc(-n2c(/C=C/c3cccc(F)c3)nc3cc(OC)c(OC)cc3c2=O)cc1. The first kappa shape index (κ1) is 22.1. The van der Waals surface area contributed by atoms with E-state index in [1.165, 1.54) is 30.9 Å². The molecule has 7 heteroatoms. The van der Waals surface area contributed by atoms with E-state index in [0.717, 1.165) is 0 Å². The Kier molecular flexibility index (Phi) is 6.40. The molecule has 0 radical (unpaired) electrons. The Hall–Kier alpha value is -4.13. The van der Waals surface area contributed by atoms with Gasteiger partial charge in [0.2, 0.25) is 0 Å². The van der Waals surface area contributed by atoms with Crippen molar-refractivity contribution >= 4 is 23.1 Å². The fraction of sp³-hybridized carbons (Fsp3) is 0.154. The molecule has 0 aliphatic rings. The highest BCUT2D eigenvalue weighted by Gasteiger charge is 2.15. The van der Waals surface area contributed by atoms with Crippen LogP contribution in [0.2, 0.25) is 0 Å². The maximum Gasteiger partial charge on any atom is 0.266 e. The van der Waals surface area contributed by atoms with Crippen LogP contribution >= 0.6 is 0 Å². The second-order valence-corrected chi connectivity index (χ2v) is 7.15. The van der Waals surface area contributed by atoms with Gasteiger partial charge >= 0.3 is 0 Å². The minimum absolute atomic E-state index is 0.274. The van der Waals surface area contributed by atoms with Crippen LogP contribution in [0.25, 0.3) is 28.7 Å². The van der Waals surface area contributed by atoms with Gasteiger partial charge in [0.25, 0.3) is 5.56 Å². The van der Waals surface area contributed by atoms with E-state index in [0.29, 0.717) is 51.8 Å². The number of halogens is 1. The average Bonchev–Trinajstić information content (AvgIpc) is 2.83. The van der Waals surface area contributed by atoms with E-state index in [4.69, 9.17) is 19.2 Å². The second kappa shape index (κ2) is 9.56. The molecule has 0 saturated heterocycles. The molecule has 0 fully saturated rings. The van der Waals surface area contributed by atoms with Crippen molar-refractivity contribution in [2.24, 2.45) is 0 Å². The largest absolute Gasteiger partial charge is 0.494 e. The van der Waals surface area contributed by atoms with E-state index >= 15 is 0 Å². The van der Waals surface area contributed by atoms with Crippen LogP contribution in [0.1, 0.15) is 18.3 Å². The number of hydrogen-bond donors (Lipinski definition) is 0. The fourth-order valence-electron chi connectivity index (χ4n) is 3.53. The smallest absolute Gasteiger partial charge is 0.266 e. The predicted octanol–water partition coefficient (Wildman–Crippen LogP) is 5.11. The van der Waals surface area contributed by atoms with Crippen LogP contribution in [-0.2, 0) is 0 Å². The lowest BCUT2D eigenvalue weighted by Crippen LogP contribution is -2.22. The molecule has 3 aromatic carbocycles. The lowest BCUT2D eigenvalue weighted by atomic mass is 10.2. The normalized spacial score (nSPS) is 11.2. The van der Waals surface area contributed by atoms with Crippen molar-refractivity contribution in [2.75, 3.05) is 20.8 Å². The molecule has 0 saturated carbocycles. The van der Waals surface area contributed by atoms with Gasteiger partial charge < -0.3 is 14.2 Å². The highest BCUT2D eigenvalue weighted by Crippen LogP contribution is 2.30. The number of methoxy groups -OCH3 is 2. The first-order valence-electron chi connectivity index (χ1n) is 10.4. The van der Waals surface area contributed by atoms with E-state index in [-0.39, 0.29) is 11.4 Å². The maximum atomic E-state index is 13.6. The Morgan fingerprint density at radius 2 is 1.70 bits per heavy atom. The first-order valence-corrected chi connectivity index (χ1v) is 10.4. The van der Waals surface area contributed by atoms with Gasteiger partial charge in [-0.15, -0.1) is 0 Å². The molecule has 0 aliphatic heterocycles. The maximum absolute atomic E-state index is 13.6. The van der Waals surface area contributed by atoms with Crippen molar-refractivity contribution in [2.45, 2.75) is 6.92 Å². The molecule has 4 aromatic rings. The van der Waals surface area contributed by atoms with E-state index < -0.39 is 0 Å². The molecule has 6 nitrogen and oxygen atoms in total. The molecule has 0 amide bonds. The molecule has 0 unspecified atom stereocenters. The first-order chi connectivity index (χ1) is 16.0. The van der Waals surface area contributed by atoms with Gasteiger partial charge in [0.15, 0.2) is 11.5 Å². The van der Waals surface area contributed by atoms with Gasteiger partial charge in [0, 0.05) is 6.07 Å². The average molecular weight is 446 g/mol. The number of ether oxygens (including phenoxy) is 3. The Morgan fingerprint density at radius 3 is 2.36 bits per heavy atom. The molecular formula is C26H23FN2O4. The van der Waals surface area contributed by atoms with Gasteiger partial charge in [-0.2, -0.15) is 0 Å². The number of fused-ring (bicyclic) bond motifs is 1. The lowest BCUT2D eigenvalue weighted by molar-refractivity contribution is 0.340. The highest BCUT2D eigenvalue weighted by molar-refractivity contribution is 5.83. The summed E-state index contributed by atoms with van der Waals surface area (Å²) in [5, 5.41) is 0.379. The molecule has 33 heavy (non-hydrogen) atoms. The van der Waals surface area contributed by atoms with Gasteiger partial charge in [-0.05, 0) is 61.0 Å². The number of hydrogen-bond acceptors (Lipinski definition) is 5. The summed E-state index contributed by atoms with van der Waals surface area (Å²) in [4.78, 5) is 18.3. The highest BCUT2D eigenvalue weighted by atomic mass is 19.1. The summed E-state index contributed by atoms with van der Waals surface area (Å²) in [5.41, 5.74) is 1.45. The third-order valence-corrected chi connectivity index (χ3v) is 5.08. The summed E-state index contributed by atoms with van der Waals surface area (Å²) >= 11 is 0. The lowest BCUT2D eigenvalue weighted by Gasteiger charge is -2.14. The molecule has 0 bridgehead atoms. The van der Waals surface area contributed by atoms with Gasteiger partial charge in [0.1, 0.15) is 17.4 Å². The molecule has 168 valence electrons. The number of benzene rings is 3. The summed E-state index contributed by atoms with van der Waals surface area (Å²) in [7, 11) is 3.04. The zero-order chi connectivity index (χ0) is 23.4. The number of aromatic nitrogens is 2. The van der Waals surface area contributed by atoms with Gasteiger partial charge in [-0.1, -0.05) is 18.2 Å². The summed E-state index contributed by atoms with van der Waals surface area (Å²) in [6, 6.07) is 16.6. The van der Waals surface area contributed by atoms with Crippen LogP contribution in [0.15, 0.2) is 65.5 Å². The van der Waals surface area contributed by atoms with Gasteiger partial charge in [-0.25, -0.2) is 9.37 Å². The van der Waals surface area contributed by atoms with Crippen molar-refractivity contribution < 1.29 is 18.6 Å². The molecule has 0 N–H and O–H groups in total. The van der Waals surface area contributed by atoms with Crippen LogP contribution in [-0.4, -0.2) is 30.4 Å². The molecular weight excluding hydrogens is 423 g/mol. The molecule has 1 aromatic heterocycles. The third kappa shape index (κ3) is 4.57. The zero-order valence-corrected chi connectivity index (χ0v) is 18.5. The van der Waals surface area contributed by atoms with Crippen molar-refractivity contribution in [3.05, 3.63) is 88.2 Å². The molecule has 0 spiro atoms. The Bertz CT molecular complexity index is 1380. The zero-order valence-electron chi connectivity index (χ0n) is 18.5. The van der Waals surface area contributed by atoms with Crippen LogP contribution in [0.4, 0.5) is 4.39 Å². The van der Waals surface area contributed by atoms with Crippen molar-refractivity contribution in [3.8, 4) is 22.9 Å². The molecule has 0 atom stereocenters. The van der Waals surface area contributed by atoms with Crippen LogP contribution in [0, 0.1) is 5.82 Å². The molecule has 4 rings (SSSR count). The van der Waals surface area contributed by atoms with E-state index in [2.05, 4.69) is 0 Å². The van der Waals surface area contributed by atoms with Crippen molar-refractivity contribution in [3.63, 3.8) is 0 Å². The quantitative estimate of drug-likeness (QED) is 0.395. The summed E-state index contributed by atoms with van der Waals surface area (Å²) < 4.78 is 31.4. The van der Waals surface area contributed by atoms with Crippen LogP contribution < -0.4 is 19.8 Å². The van der Waals surface area contributed by atoms with Crippen LogP contribution in [0.3, 0.4) is 0 Å². The van der Waals surface area contributed by atoms with Crippen molar-refractivity contribution in [1.82, 2.24) is 9.55 Å². The Labute approximate surface area is 190 Å². The standard InChI is InChI=1S/C26H23FN2O4/c1-4-33-20-11-9-19(10-12-20)29-25(13-8-17-6-5-7-18(27)14-17)28-22-16-24(32-3)23(31-2)15-21(22)26(29)30/h5-16H,4H2,1-3H3/b13-8+. The van der Waals surface area contributed by atoms with E-state index in [9.17, 15) is 9.18 Å². The van der Waals surface area contributed by atoms with Gasteiger partial charge in [-0.3, -0.25) is 9.36 Å². The molecule has 1 heterocycles. The van der Waals surface area contributed by atoms with Gasteiger partial charge in [0.05, 0.1) is 37.4 Å². The van der Waals surface area contributed by atoms with E-state index in [1.54, 1.807) is 60.7 Å². The van der Waals surface area contributed by atoms with Crippen molar-refractivity contribution in [1.29, 1.82) is 0 Å². The minimum atomic E-state index is -0.343. The fourth-order valence-corrected chi connectivity index (χ4v) is 3.53. The Morgan fingerprint density at radius 1 is 0.970 bits per heavy atom. The monoisotopic (exact) mass is 446 g/mol. The second-order valence-electron chi connectivity index (χ2n) is 7.15. The Balaban J connectivity index is 1.94. The molecule has 0 aliphatic carbocycles. The van der Waals surface area contributed by atoms with Crippen LogP contribution in [0.5, 0.6) is 17.2 Å². The topological polar surface area (TPSA) is 62.6 Å². The minimum Gasteiger partial charge on any atom is -0.494 e. The predicted molar refractivity (Wildman–Crippen MR) is 127 cm³/mol. The number of rotatable bonds is 7. The summed E-state index contributed by atoms with van der Waals surface area (Å²) in [5.74, 6) is 1.64. The third-order valence-electron chi connectivity index (χ3n) is 5.08. The van der Waals surface area contributed by atoms with E-state index in [1.807, 2.05) is 6.92 Å². The number of nitrogens with zero attached hydrogens (tertiary/aromatic N) is 2. The summed E-state index contributed by atoms with van der Waals surface area (Å²) in [6.45, 7) is 2.45. The summed E-state index contributed by atoms with van der Waals surface area (Å²) in [6.07, 6.45) is 3.39.